The average molecular weight is 333 g/mol. The Bertz CT molecular complexity index is 772. The number of methoxy groups -OCH3 is 1. The molecule has 1 aliphatic rings. The second-order valence-corrected chi connectivity index (χ2v) is 6.02. The van der Waals surface area contributed by atoms with E-state index < -0.39 is 11.6 Å². The predicted molar refractivity (Wildman–Crippen MR) is 84.9 cm³/mol. The third-order valence-electron chi connectivity index (χ3n) is 4.55. The zero-order valence-electron chi connectivity index (χ0n) is 13.3. The van der Waals surface area contributed by atoms with Gasteiger partial charge >= 0.3 is 5.97 Å². The second-order valence-electron chi connectivity index (χ2n) is 6.02. The fraction of sp³-hybridized carbons (Fsp3) is 0.412. The SMILES string of the molecule is COc1ccc2c(CC(=O)N3CCC(O)(C(=O)O)CC3)coc2c1. The Labute approximate surface area is 138 Å². The van der Waals surface area contributed by atoms with E-state index in [1.807, 2.05) is 6.07 Å². The first-order valence-corrected chi connectivity index (χ1v) is 7.70. The number of furan rings is 1. The number of carboxylic acid groups (broad SMARTS) is 1. The lowest BCUT2D eigenvalue weighted by Gasteiger charge is -2.35. The molecule has 1 aromatic heterocycles. The van der Waals surface area contributed by atoms with Gasteiger partial charge in [-0.25, -0.2) is 4.79 Å². The van der Waals surface area contributed by atoms with Crippen LogP contribution in [0.15, 0.2) is 28.9 Å². The minimum absolute atomic E-state index is 0.0391. The number of rotatable bonds is 4. The van der Waals surface area contributed by atoms with Crippen molar-refractivity contribution in [2.24, 2.45) is 0 Å². The van der Waals surface area contributed by atoms with Crippen LogP contribution < -0.4 is 4.74 Å². The van der Waals surface area contributed by atoms with Crippen LogP contribution in [0.1, 0.15) is 18.4 Å². The molecule has 0 aliphatic carbocycles. The quantitative estimate of drug-likeness (QED) is 0.878. The molecular weight excluding hydrogens is 314 g/mol. The van der Waals surface area contributed by atoms with Gasteiger partial charge in [0.2, 0.25) is 5.91 Å². The van der Waals surface area contributed by atoms with E-state index in [4.69, 9.17) is 14.3 Å². The number of ether oxygens (including phenoxy) is 1. The van der Waals surface area contributed by atoms with Gasteiger partial charge in [0.15, 0.2) is 5.60 Å². The van der Waals surface area contributed by atoms with Crippen molar-refractivity contribution >= 4 is 22.8 Å². The van der Waals surface area contributed by atoms with Gasteiger partial charge in [-0.15, -0.1) is 0 Å². The van der Waals surface area contributed by atoms with Gasteiger partial charge in [0.1, 0.15) is 11.3 Å². The summed E-state index contributed by atoms with van der Waals surface area (Å²) in [6, 6.07) is 5.41. The standard InChI is InChI=1S/C17H19NO6/c1-23-12-2-3-13-11(10-24-14(13)9-12)8-15(19)18-6-4-17(22,5-7-18)16(20)21/h2-3,9-10,22H,4-8H2,1H3,(H,20,21). The molecule has 0 radical (unpaired) electrons. The third kappa shape index (κ3) is 2.94. The van der Waals surface area contributed by atoms with E-state index in [0.29, 0.717) is 11.3 Å². The maximum absolute atomic E-state index is 12.4. The fourth-order valence-corrected chi connectivity index (χ4v) is 2.94. The zero-order chi connectivity index (χ0) is 17.3. The lowest BCUT2D eigenvalue weighted by molar-refractivity contribution is -0.165. The molecule has 1 amide bonds. The Morgan fingerprint density at radius 3 is 2.67 bits per heavy atom. The summed E-state index contributed by atoms with van der Waals surface area (Å²) >= 11 is 0. The van der Waals surface area contributed by atoms with Crippen molar-refractivity contribution in [1.29, 1.82) is 0 Å². The lowest BCUT2D eigenvalue weighted by Crippen LogP contribution is -2.51. The van der Waals surface area contributed by atoms with Crippen LogP contribution in [0.2, 0.25) is 0 Å². The van der Waals surface area contributed by atoms with Crippen molar-refractivity contribution in [3.8, 4) is 5.75 Å². The van der Waals surface area contributed by atoms with Gasteiger partial charge in [0.25, 0.3) is 0 Å². The number of carboxylic acids is 1. The average Bonchev–Trinajstić information content (AvgIpc) is 2.97. The Hall–Kier alpha value is -2.54. The van der Waals surface area contributed by atoms with E-state index in [2.05, 4.69) is 0 Å². The molecule has 0 saturated carbocycles. The summed E-state index contributed by atoms with van der Waals surface area (Å²) in [7, 11) is 1.57. The third-order valence-corrected chi connectivity index (χ3v) is 4.55. The van der Waals surface area contributed by atoms with Gasteiger partial charge in [0.05, 0.1) is 19.8 Å². The summed E-state index contributed by atoms with van der Waals surface area (Å²) in [6.45, 7) is 0.455. The molecule has 1 saturated heterocycles. The van der Waals surface area contributed by atoms with Crippen LogP contribution in [0.3, 0.4) is 0 Å². The first-order valence-electron chi connectivity index (χ1n) is 7.70. The number of aliphatic carboxylic acids is 1. The number of carbonyl (C=O) groups excluding carboxylic acids is 1. The molecule has 7 heteroatoms. The van der Waals surface area contributed by atoms with Crippen LogP contribution in [-0.2, 0) is 16.0 Å². The van der Waals surface area contributed by atoms with E-state index in [9.17, 15) is 14.7 Å². The van der Waals surface area contributed by atoms with Gasteiger partial charge in [-0.1, -0.05) is 0 Å². The molecular formula is C17H19NO6. The van der Waals surface area contributed by atoms with Crippen molar-refractivity contribution < 1.29 is 29.0 Å². The van der Waals surface area contributed by atoms with Gasteiger partial charge in [-0.05, 0) is 12.1 Å². The number of aliphatic hydroxyl groups is 1. The first-order chi connectivity index (χ1) is 11.4. The van der Waals surface area contributed by atoms with Crippen LogP contribution in [-0.4, -0.2) is 52.8 Å². The number of benzene rings is 1. The highest BCUT2D eigenvalue weighted by Crippen LogP contribution is 2.27. The molecule has 2 N–H and O–H groups in total. The fourth-order valence-electron chi connectivity index (χ4n) is 2.94. The van der Waals surface area contributed by atoms with Crippen LogP contribution in [0.25, 0.3) is 11.0 Å². The summed E-state index contributed by atoms with van der Waals surface area (Å²) in [6.07, 6.45) is 1.80. The molecule has 2 aromatic rings. The Morgan fingerprint density at radius 2 is 2.04 bits per heavy atom. The second kappa shape index (κ2) is 6.16. The number of fused-ring (bicyclic) bond motifs is 1. The van der Waals surface area contributed by atoms with Crippen molar-refractivity contribution in [2.45, 2.75) is 24.9 Å². The summed E-state index contributed by atoms with van der Waals surface area (Å²) < 4.78 is 10.6. The number of piperidine rings is 1. The molecule has 128 valence electrons. The van der Waals surface area contributed by atoms with E-state index in [-0.39, 0.29) is 38.3 Å². The van der Waals surface area contributed by atoms with Crippen molar-refractivity contribution in [1.82, 2.24) is 4.90 Å². The van der Waals surface area contributed by atoms with Gasteiger partial charge < -0.3 is 24.3 Å². The number of hydrogen-bond acceptors (Lipinski definition) is 5. The first kappa shape index (κ1) is 16.3. The minimum atomic E-state index is -1.73. The molecule has 7 nitrogen and oxygen atoms in total. The highest BCUT2D eigenvalue weighted by atomic mass is 16.5. The molecule has 1 fully saturated rings. The van der Waals surface area contributed by atoms with E-state index in [1.54, 1.807) is 30.4 Å². The number of nitrogens with zero attached hydrogens (tertiary/aromatic N) is 1. The van der Waals surface area contributed by atoms with Crippen molar-refractivity contribution in [3.05, 3.63) is 30.0 Å². The molecule has 3 rings (SSSR count). The Kier molecular flexibility index (Phi) is 4.19. The summed E-state index contributed by atoms with van der Waals surface area (Å²) in [5, 5.41) is 19.8. The van der Waals surface area contributed by atoms with Gasteiger partial charge in [0, 0.05) is 42.9 Å². The largest absolute Gasteiger partial charge is 0.497 e. The highest BCUT2D eigenvalue weighted by Gasteiger charge is 2.40. The smallest absolute Gasteiger partial charge is 0.335 e. The molecule has 2 heterocycles. The number of likely N-dealkylation sites (tertiary alicyclic amines) is 1. The molecule has 0 spiro atoms. The zero-order valence-corrected chi connectivity index (χ0v) is 13.3. The maximum atomic E-state index is 12.4. The Morgan fingerprint density at radius 1 is 1.33 bits per heavy atom. The van der Waals surface area contributed by atoms with Crippen LogP contribution in [0, 0.1) is 0 Å². The van der Waals surface area contributed by atoms with Gasteiger partial charge in [-0.3, -0.25) is 4.79 Å². The van der Waals surface area contributed by atoms with Crippen LogP contribution in [0.5, 0.6) is 5.75 Å². The summed E-state index contributed by atoms with van der Waals surface area (Å²) in [5.41, 5.74) is -0.303. The number of carbonyl (C=O) groups is 2. The topological polar surface area (TPSA) is 100 Å². The summed E-state index contributed by atoms with van der Waals surface area (Å²) in [4.78, 5) is 25.1. The summed E-state index contributed by atoms with van der Waals surface area (Å²) in [5.74, 6) is -0.663. The molecule has 0 atom stereocenters. The highest BCUT2D eigenvalue weighted by molar-refractivity contribution is 5.88. The van der Waals surface area contributed by atoms with E-state index >= 15 is 0 Å². The molecule has 24 heavy (non-hydrogen) atoms. The predicted octanol–water partition coefficient (Wildman–Crippen LogP) is 1.42. The lowest BCUT2D eigenvalue weighted by atomic mass is 9.91. The van der Waals surface area contributed by atoms with E-state index in [0.717, 1.165) is 10.9 Å². The Balaban J connectivity index is 1.69. The number of amides is 1. The van der Waals surface area contributed by atoms with Crippen LogP contribution >= 0.6 is 0 Å². The maximum Gasteiger partial charge on any atom is 0.335 e. The number of hydrogen-bond donors (Lipinski definition) is 2. The molecule has 0 bridgehead atoms. The van der Waals surface area contributed by atoms with Gasteiger partial charge in [-0.2, -0.15) is 0 Å². The molecule has 1 aromatic carbocycles. The normalized spacial score (nSPS) is 17.0. The molecule has 0 unspecified atom stereocenters. The van der Waals surface area contributed by atoms with E-state index in [1.165, 1.54) is 0 Å². The minimum Gasteiger partial charge on any atom is -0.497 e. The van der Waals surface area contributed by atoms with Crippen molar-refractivity contribution in [3.63, 3.8) is 0 Å². The van der Waals surface area contributed by atoms with Crippen molar-refractivity contribution in [2.75, 3.05) is 20.2 Å². The molecule has 1 aliphatic heterocycles. The monoisotopic (exact) mass is 333 g/mol. The van der Waals surface area contributed by atoms with Crippen LogP contribution in [0.4, 0.5) is 0 Å².